The normalized spacial score (nSPS) is 12.7. The Balaban J connectivity index is 2.40. The van der Waals surface area contributed by atoms with Gasteiger partial charge in [-0.05, 0) is 37.7 Å². The van der Waals surface area contributed by atoms with E-state index in [4.69, 9.17) is 4.42 Å². The number of hydrogen-bond acceptors (Lipinski definition) is 2. The summed E-state index contributed by atoms with van der Waals surface area (Å²) in [7, 11) is 1.85. The van der Waals surface area contributed by atoms with Gasteiger partial charge in [-0.1, -0.05) is 12.1 Å². The lowest BCUT2D eigenvalue weighted by atomic mass is 9.99. The van der Waals surface area contributed by atoms with Gasteiger partial charge in [-0.2, -0.15) is 0 Å². The molecular formula is C13H14FNO. The number of rotatable bonds is 3. The van der Waals surface area contributed by atoms with Crippen LogP contribution in [0.5, 0.6) is 0 Å². The van der Waals surface area contributed by atoms with Crippen LogP contribution in [0.4, 0.5) is 4.39 Å². The summed E-state index contributed by atoms with van der Waals surface area (Å²) in [5, 5.41) is 3.16. The van der Waals surface area contributed by atoms with Gasteiger partial charge in [-0.3, -0.25) is 0 Å². The first-order valence-electron chi connectivity index (χ1n) is 5.19. The summed E-state index contributed by atoms with van der Waals surface area (Å²) in [6, 6.07) is 8.46. The van der Waals surface area contributed by atoms with Gasteiger partial charge in [0.15, 0.2) is 0 Å². The van der Waals surface area contributed by atoms with E-state index in [0.717, 1.165) is 16.9 Å². The van der Waals surface area contributed by atoms with Crippen molar-refractivity contribution in [2.24, 2.45) is 0 Å². The van der Waals surface area contributed by atoms with Crippen LogP contribution in [0.25, 0.3) is 0 Å². The van der Waals surface area contributed by atoms with Gasteiger partial charge in [0, 0.05) is 5.56 Å². The summed E-state index contributed by atoms with van der Waals surface area (Å²) in [5.74, 6) is 0.627. The van der Waals surface area contributed by atoms with Crippen LogP contribution in [0.15, 0.2) is 41.0 Å². The average Bonchev–Trinajstić information content (AvgIpc) is 2.67. The third kappa shape index (κ3) is 1.99. The van der Waals surface area contributed by atoms with Crippen molar-refractivity contribution in [1.29, 1.82) is 0 Å². The van der Waals surface area contributed by atoms with Crippen molar-refractivity contribution in [2.75, 3.05) is 7.05 Å². The molecule has 1 aromatic carbocycles. The van der Waals surface area contributed by atoms with E-state index in [-0.39, 0.29) is 11.9 Å². The van der Waals surface area contributed by atoms with E-state index in [2.05, 4.69) is 5.32 Å². The van der Waals surface area contributed by atoms with E-state index in [1.54, 1.807) is 12.3 Å². The third-order valence-electron chi connectivity index (χ3n) is 2.68. The first kappa shape index (κ1) is 10.9. The predicted molar refractivity (Wildman–Crippen MR) is 60.7 cm³/mol. The molecule has 0 aliphatic carbocycles. The van der Waals surface area contributed by atoms with Crippen molar-refractivity contribution in [3.63, 3.8) is 0 Å². The zero-order valence-electron chi connectivity index (χ0n) is 9.33. The largest absolute Gasteiger partial charge is 0.469 e. The molecule has 0 saturated heterocycles. The summed E-state index contributed by atoms with van der Waals surface area (Å²) in [6.07, 6.45) is 1.65. The van der Waals surface area contributed by atoms with Gasteiger partial charge >= 0.3 is 0 Å². The van der Waals surface area contributed by atoms with E-state index in [9.17, 15) is 4.39 Å². The van der Waals surface area contributed by atoms with Crippen molar-refractivity contribution in [2.45, 2.75) is 13.0 Å². The Labute approximate surface area is 94.1 Å². The van der Waals surface area contributed by atoms with Gasteiger partial charge in [0.1, 0.15) is 11.6 Å². The van der Waals surface area contributed by atoms with Crippen molar-refractivity contribution in [3.05, 3.63) is 59.3 Å². The molecule has 2 nitrogen and oxygen atoms in total. The van der Waals surface area contributed by atoms with E-state index in [0.29, 0.717) is 0 Å². The number of halogens is 1. The van der Waals surface area contributed by atoms with Gasteiger partial charge < -0.3 is 9.73 Å². The molecule has 1 unspecified atom stereocenters. The van der Waals surface area contributed by atoms with Crippen LogP contribution in [-0.2, 0) is 0 Å². The summed E-state index contributed by atoms with van der Waals surface area (Å²) >= 11 is 0. The average molecular weight is 219 g/mol. The molecule has 16 heavy (non-hydrogen) atoms. The molecule has 3 heteroatoms. The summed E-state index contributed by atoms with van der Waals surface area (Å²) in [5.41, 5.74) is 1.93. The smallest absolute Gasteiger partial charge is 0.123 e. The lowest BCUT2D eigenvalue weighted by Gasteiger charge is -2.16. The fourth-order valence-corrected chi connectivity index (χ4v) is 1.88. The first-order chi connectivity index (χ1) is 7.72. The molecule has 0 aliphatic heterocycles. The SMILES string of the molecule is CNC(c1cccc(F)c1)c1ccoc1C. The molecule has 0 fully saturated rings. The highest BCUT2D eigenvalue weighted by Gasteiger charge is 2.16. The number of benzene rings is 1. The van der Waals surface area contributed by atoms with Crippen LogP contribution in [-0.4, -0.2) is 7.05 Å². The van der Waals surface area contributed by atoms with E-state index >= 15 is 0 Å². The Kier molecular flexibility index (Phi) is 3.06. The molecule has 2 aromatic rings. The molecule has 0 aliphatic rings. The van der Waals surface area contributed by atoms with Crippen LogP contribution in [0.3, 0.4) is 0 Å². The minimum Gasteiger partial charge on any atom is -0.469 e. The van der Waals surface area contributed by atoms with Gasteiger partial charge in [0.25, 0.3) is 0 Å². The molecule has 0 spiro atoms. The minimum absolute atomic E-state index is 0.0329. The van der Waals surface area contributed by atoms with Gasteiger partial charge in [0.05, 0.1) is 12.3 Å². The highest BCUT2D eigenvalue weighted by atomic mass is 19.1. The molecule has 0 bridgehead atoms. The van der Waals surface area contributed by atoms with E-state index in [1.807, 2.05) is 26.1 Å². The van der Waals surface area contributed by atoms with Gasteiger partial charge in [-0.25, -0.2) is 4.39 Å². The van der Waals surface area contributed by atoms with Crippen molar-refractivity contribution >= 4 is 0 Å². The second-order valence-electron chi connectivity index (χ2n) is 3.71. The third-order valence-corrected chi connectivity index (χ3v) is 2.68. The Morgan fingerprint density at radius 1 is 1.31 bits per heavy atom. The maximum atomic E-state index is 13.2. The molecule has 1 N–H and O–H groups in total. The topological polar surface area (TPSA) is 25.2 Å². The molecule has 1 heterocycles. The van der Waals surface area contributed by atoms with Crippen LogP contribution in [0.1, 0.15) is 22.9 Å². The standard InChI is InChI=1S/C13H14FNO/c1-9-12(6-7-16-9)13(15-2)10-4-3-5-11(14)8-10/h3-8,13,15H,1-2H3. The van der Waals surface area contributed by atoms with E-state index in [1.165, 1.54) is 12.1 Å². The Morgan fingerprint density at radius 3 is 2.69 bits per heavy atom. The van der Waals surface area contributed by atoms with Crippen molar-refractivity contribution in [1.82, 2.24) is 5.32 Å². The second-order valence-corrected chi connectivity index (χ2v) is 3.71. The summed E-state index contributed by atoms with van der Waals surface area (Å²) in [4.78, 5) is 0. The lowest BCUT2D eigenvalue weighted by molar-refractivity contribution is 0.522. The number of aryl methyl sites for hydroxylation is 1. The van der Waals surface area contributed by atoms with Crippen LogP contribution < -0.4 is 5.32 Å². The molecule has 0 saturated carbocycles. The van der Waals surface area contributed by atoms with Gasteiger partial charge in [0.2, 0.25) is 0 Å². The molecule has 0 amide bonds. The number of hydrogen-bond donors (Lipinski definition) is 1. The minimum atomic E-state index is -0.223. The highest BCUT2D eigenvalue weighted by Crippen LogP contribution is 2.25. The lowest BCUT2D eigenvalue weighted by Crippen LogP contribution is -2.17. The monoisotopic (exact) mass is 219 g/mol. The Bertz CT molecular complexity index is 478. The molecule has 1 aromatic heterocycles. The Hall–Kier alpha value is -1.61. The van der Waals surface area contributed by atoms with E-state index < -0.39 is 0 Å². The summed E-state index contributed by atoms with van der Waals surface area (Å²) < 4.78 is 18.4. The highest BCUT2D eigenvalue weighted by molar-refractivity contribution is 5.32. The quantitative estimate of drug-likeness (QED) is 0.858. The molecule has 0 radical (unpaired) electrons. The second kappa shape index (κ2) is 4.49. The maximum Gasteiger partial charge on any atom is 0.123 e. The molecule has 2 rings (SSSR count). The molecular weight excluding hydrogens is 205 g/mol. The zero-order chi connectivity index (χ0) is 11.5. The molecule has 1 atom stereocenters. The van der Waals surface area contributed by atoms with Crippen molar-refractivity contribution < 1.29 is 8.81 Å². The summed E-state index contributed by atoms with van der Waals surface area (Å²) in [6.45, 7) is 1.90. The number of nitrogens with one attached hydrogen (secondary N) is 1. The fourth-order valence-electron chi connectivity index (χ4n) is 1.88. The Morgan fingerprint density at radius 2 is 2.12 bits per heavy atom. The predicted octanol–water partition coefficient (Wildman–Crippen LogP) is 3.04. The maximum absolute atomic E-state index is 13.2. The zero-order valence-corrected chi connectivity index (χ0v) is 9.33. The van der Waals surface area contributed by atoms with Crippen LogP contribution in [0, 0.1) is 12.7 Å². The van der Waals surface area contributed by atoms with Crippen LogP contribution in [0.2, 0.25) is 0 Å². The molecule has 84 valence electrons. The number of furan rings is 1. The van der Waals surface area contributed by atoms with Gasteiger partial charge in [-0.15, -0.1) is 0 Å². The van der Waals surface area contributed by atoms with Crippen molar-refractivity contribution in [3.8, 4) is 0 Å². The van der Waals surface area contributed by atoms with Crippen LogP contribution >= 0.6 is 0 Å². The first-order valence-corrected chi connectivity index (χ1v) is 5.19. The fraction of sp³-hybridized carbons (Fsp3) is 0.231.